The van der Waals surface area contributed by atoms with E-state index >= 15 is 0 Å². The Morgan fingerprint density at radius 2 is 2.13 bits per heavy atom. The largest absolute Gasteiger partial charge is 0.103 e. The topological polar surface area (TPSA) is 0 Å². The first-order chi connectivity index (χ1) is 7.24. The van der Waals surface area contributed by atoms with Crippen LogP contribution in [-0.4, -0.2) is 4.32 Å². The summed E-state index contributed by atoms with van der Waals surface area (Å²) in [5, 5.41) is 0. The van der Waals surface area contributed by atoms with E-state index in [1.165, 1.54) is 24.0 Å². The van der Waals surface area contributed by atoms with Crippen molar-refractivity contribution in [2.75, 3.05) is 0 Å². The van der Waals surface area contributed by atoms with E-state index in [1.807, 2.05) is 12.1 Å². The number of aryl methyl sites for hydroxylation is 1. The number of hydrogen-bond acceptors (Lipinski definition) is 1. The molecule has 1 aromatic rings. The van der Waals surface area contributed by atoms with Gasteiger partial charge in [-0.15, -0.1) is 0 Å². The third-order valence-corrected chi connectivity index (χ3v) is 2.51. The van der Waals surface area contributed by atoms with Crippen LogP contribution in [0.4, 0.5) is 0 Å². The zero-order valence-electron chi connectivity index (χ0n) is 8.87. The van der Waals surface area contributed by atoms with Crippen LogP contribution in [0.15, 0.2) is 30.3 Å². The number of allylic oxidation sites excluding steroid dienone is 1. The van der Waals surface area contributed by atoms with Crippen LogP contribution in [-0.2, 0) is 6.42 Å². The van der Waals surface area contributed by atoms with Crippen LogP contribution in [0.2, 0.25) is 0 Å². The van der Waals surface area contributed by atoms with Gasteiger partial charge in [-0.05, 0) is 30.0 Å². The summed E-state index contributed by atoms with van der Waals surface area (Å²) in [6.45, 7) is 2.20. The molecule has 0 spiro atoms. The quantitative estimate of drug-likeness (QED) is 0.410. The number of unbranched alkanes of at least 4 members (excludes halogenated alkanes) is 1. The highest BCUT2D eigenvalue weighted by Gasteiger charge is 1.97. The van der Waals surface area contributed by atoms with Crippen molar-refractivity contribution < 1.29 is 0 Å². The van der Waals surface area contributed by atoms with E-state index in [0.717, 1.165) is 6.42 Å². The summed E-state index contributed by atoms with van der Waals surface area (Å²) in [7, 11) is 0. The monoisotopic (exact) mass is 238 g/mol. The predicted octanol–water partition coefficient (Wildman–Crippen LogP) is 4.61. The SMILES string of the molecule is CCCCc1ccccc1C=CC(=S)Cl. The van der Waals surface area contributed by atoms with E-state index in [-0.39, 0.29) is 0 Å². The number of rotatable bonds is 5. The maximum atomic E-state index is 5.63. The summed E-state index contributed by atoms with van der Waals surface area (Å²) in [5.74, 6) is 0. The Balaban J connectivity index is 2.81. The van der Waals surface area contributed by atoms with Crippen LogP contribution in [0.1, 0.15) is 30.9 Å². The van der Waals surface area contributed by atoms with Gasteiger partial charge in [0.25, 0.3) is 0 Å². The van der Waals surface area contributed by atoms with Gasteiger partial charge in [0.15, 0.2) is 0 Å². The van der Waals surface area contributed by atoms with E-state index in [1.54, 1.807) is 6.08 Å². The molecule has 0 unspecified atom stereocenters. The molecule has 0 aromatic heterocycles. The molecule has 0 N–H and O–H groups in total. The third kappa shape index (κ3) is 4.59. The van der Waals surface area contributed by atoms with Crippen molar-refractivity contribution in [2.24, 2.45) is 0 Å². The van der Waals surface area contributed by atoms with E-state index in [9.17, 15) is 0 Å². The van der Waals surface area contributed by atoms with Gasteiger partial charge in [0.05, 0.1) is 0 Å². The van der Waals surface area contributed by atoms with Crippen molar-refractivity contribution in [3.8, 4) is 0 Å². The lowest BCUT2D eigenvalue weighted by molar-refractivity contribution is 0.794. The minimum atomic E-state index is 0.403. The van der Waals surface area contributed by atoms with Gasteiger partial charge in [0, 0.05) is 0 Å². The Labute approximate surface area is 102 Å². The Bertz CT molecular complexity index is 355. The molecule has 0 saturated heterocycles. The normalized spacial score (nSPS) is 10.8. The second-order valence-electron chi connectivity index (χ2n) is 3.44. The van der Waals surface area contributed by atoms with Gasteiger partial charge in [0.2, 0.25) is 0 Å². The lowest BCUT2D eigenvalue weighted by Gasteiger charge is -2.04. The molecule has 0 bridgehead atoms. The molecule has 0 aliphatic rings. The Hall–Kier alpha value is -0.660. The fourth-order valence-electron chi connectivity index (χ4n) is 1.45. The highest BCUT2D eigenvalue weighted by Crippen LogP contribution is 2.14. The molecule has 1 aromatic carbocycles. The Morgan fingerprint density at radius 1 is 1.40 bits per heavy atom. The maximum Gasteiger partial charge on any atom is 0.103 e. The molecule has 0 aliphatic heterocycles. The summed E-state index contributed by atoms with van der Waals surface area (Å²) >= 11 is 10.4. The molecule has 0 nitrogen and oxygen atoms in total. The number of benzene rings is 1. The maximum absolute atomic E-state index is 5.63. The highest BCUT2D eigenvalue weighted by molar-refractivity contribution is 7.83. The van der Waals surface area contributed by atoms with Crippen molar-refractivity contribution in [3.63, 3.8) is 0 Å². The average molecular weight is 239 g/mol. The van der Waals surface area contributed by atoms with E-state index < -0.39 is 0 Å². The van der Waals surface area contributed by atoms with Crippen LogP contribution in [0.5, 0.6) is 0 Å². The van der Waals surface area contributed by atoms with Crippen molar-refractivity contribution in [3.05, 3.63) is 41.5 Å². The molecular weight excluding hydrogens is 224 g/mol. The fraction of sp³-hybridized carbons (Fsp3) is 0.308. The van der Waals surface area contributed by atoms with Crippen LogP contribution in [0.25, 0.3) is 6.08 Å². The molecule has 0 aliphatic carbocycles. The van der Waals surface area contributed by atoms with Crippen LogP contribution in [0, 0.1) is 0 Å². The first-order valence-electron chi connectivity index (χ1n) is 5.19. The summed E-state index contributed by atoms with van der Waals surface area (Å²) in [5.41, 5.74) is 2.58. The standard InChI is InChI=1S/C13H15ClS/c1-2-3-6-11-7-4-5-8-12(11)9-10-13(14)15/h4-5,7-10H,2-3,6H2,1H3. The highest BCUT2D eigenvalue weighted by atomic mass is 35.5. The summed E-state index contributed by atoms with van der Waals surface area (Å²) in [4.78, 5) is 0. The van der Waals surface area contributed by atoms with Crippen molar-refractivity contribution in [1.82, 2.24) is 0 Å². The molecule has 0 radical (unpaired) electrons. The minimum absolute atomic E-state index is 0.403. The van der Waals surface area contributed by atoms with Gasteiger partial charge in [-0.2, -0.15) is 0 Å². The molecule has 2 heteroatoms. The number of thiocarbonyl (C=S) groups is 1. The smallest absolute Gasteiger partial charge is 0.0716 e. The molecular formula is C13H15ClS. The average Bonchev–Trinajstić information content (AvgIpc) is 2.24. The zero-order valence-corrected chi connectivity index (χ0v) is 10.4. The van der Waals surface area contributed by atoms with Gasteiger partial charge in [0.1, 0.15) is 4.32 Å². The van der Waals surface area contributed by atoms with Gasteiger partial charge in [-0.25, -0.2) is 0 Å². The zero-order chi connectivity index (χ0) is 11.1. The van der Waals surface area contributed by atoms with Gasteiger partial charge < -0.3 is 0 Å². The second kappa shape index (κ2) is 6.76. The lowest BCUT2D eigenvalue weighted by atomic mass is 10.0. The number of halogens is 1. The fourth-order valence-corrected chi connectivity index (χ4v) is 1.58. The molecule has 0 saturated carbocycles. The first-order valence-corrected chi connectivity index (χ1v) is 5.98. The Kier molecular flexibility index (Phi) is 5.59. The van der Waals surface area contributed by atoms with Crippen LogP contribution >= 0.6 is 23.8 Å². The van der Waals surface area contributed by atoms with Gasteiger partial charge in [-0.1, -0.05) is 67.5 Å². The van der Waals surface area contributed by atoms with E-state index in [0.29, 0.717) is 4.32 Å². The van der Waals surface area contributed by atoms with Gasteiger partial charge in [-0.3, -0.25) is 0 Å². The molecule has 1 rings (SSSR count). The van der Waals surface area contributed by atoms with Crippen molar-refractivity contribution in [1.29, 1.82) is 0 Å². The molecule has 0 atom stereocenters. The van der Waals surface area contributed by atoms with Crippen LogP contribution in [0.3, 0.4) is 0 Å². The van der Waals surface area contributed by atoms with Crippen LogP contribution < -0.4 is 0 Å². The van der Waals surface area contributed by atoms with Gasteiger partial charge >= 0.3 is 0 Å². The summed E-state index contributed by atoms with van der Waals surface area (Å²) < 4.78 is 0.403. The third-order valence-electron chi connectivity index (χ3n) is 2.25. The van der Waals surface area contributed by atoms with E-state index in [4.69, 9.17) is 23.8 Å². The van der Waals surface area contributed by atoms with E-state index in [2.05, 4.69) is 25.1 Å². The second-order valence-corrected chi connectivity index (χ2v) is 4.51. The molecule has 0 heterocycles. The number of hydrogen-bond donors (Lipinski definition) is 0. The summed E-state index contributed by atoms with van der Waals surface area (Å²) in [6.07, 6.45) is 7.30. The first kappa shape index (κ1) is 12.4. The van der Waals surface area contributed by atoms with Crippen molar-refractivity contribution >= 4 is 34.2 Å². The van der Waals surface area contributed by atoms with Crippen molar-refractivity contribution in [2.45, 2.75) is 26.2 Å². The Morgan fingerprint density at radius 3 is 2.80 bits per heavy atom. The molecule has 0 amide bonds. The molecule has 15 heavy (non-hydrogen) atoms. The lowest BCUT2D eigenvalue weighted by Crippen LogP contribution is -1.88. The molecule has 80 valence electrons. The molecule has 0 fully saturated rings. The predicted molar refractivity (Wildman–Crippen MR) is 72.5 cm³/mol. The summed E-state index contributed by atoms with van der Waals surface area (Å²) in [6, 6.07) is 8.36. The minimum Gasteiger partial charge on any atom is -0.0716 e.